The van der Waals surface area contributed by atoms with E-state index in [0.29, 0.717) is 16.0 Å². The normalized spacial score (nSPS) is 24.7. The number of rotatable bonds is 1. The van der Waals surface area contributed by atoms with E-state index in [1.165, 1.54) is 6.42 Å². The zero-order valence-corrected chi connectivity index (χ0v) is 9.73. The quantitative estimate of drug-likeness (QED) is 0.803. The van der Waals surface area contributed by atoms with Gasteiger partial charge in [0.25, 0.3) is 0 Å². The average molecular weight is 241 g/mol. The molecule has 1 aromatic heterocycles. The molecular weight excluding hydrogens is 231 g/mol. The van der Waals surface area contributed by atoms with E-state index in [0.717, 1.165) is 22.8 Å². The van der Waals surface area contributed by atoms with Crippen molar-refractivity contribution in [1.29, 1.82) is 0 Å². The maximum atomic E-state index is 5.94. The van der Waals surface area contributed by atoms with E-state index in [2.05, 4.69) is 16.9 Å². The summed E-state index contributed by atoms with van der Waals surface area (Å²) in [6, 6.07) is 3.65. The highest BCUT2D eigenvalue weighted by atomic mass is 35.5. The number of halogens is 2. The van der Waals surface area contributed by atoms with Crippen LogP contribution in [0.5, 0.6) is 0 Å². The standard InChI is InChI=1S/C11H10Cl2N2/c1-5-2-6(5)11-14-9-3-7(12)8(13)4-10(9)15-11/h3-6H,2H2,1H3,(H,14,15). The van der Waals surface area contributed by atoms with E-state index in [1.54, 1.807) is 0 Å². The average Bonchev–Trinajstić information content (AvgIpc) is 2.76. The predicted octanol–water partition coefficient (Wildman–Crippen LogP) is 3.99. The minimum Gasteiger partial charge on any atom is -0.342 e. The Labute approximate surface area is 97.6 Å². The molecule has 0 radical (unpaired) electrons. The zero-order valence-electron chi connectivity index (χ0n) is 8.22. The Morgan fingerprint density at radius 3 is 2.67 bits per heavy atom. The van der Waals surface area contributed by atoms with Crippen molar-refractivity contribution in [3.8, 4) is 0 Å². The van der Waals surface area contributed by atoms with Gasteiger partial charge in [-0.2, -0.15) is 0 Å². The third kappa shape index (κ3) is 1.52. The summed E-state index contributed by atoms with van der Waals surface area (Å²) in [5, 5.41) is 1.13. The van der Waals surface area contributed by atoms with Gasteiger partial charge in [-0.3, -0.25) is 0 Å². The highest BCUT2D eigenvalue weighted by Crippen LogP contribution is 2.46. The zero-order chi connectivity index (χ0) is 10.6. The topological polar surface area (TPSA) is 28.7 Å². The van der Waals surface area contributed by atoms with Gasteiger partial charge in [-0.25, -0.2) is 4.98 Å². The van der Waals surface area contributed by atoms with Crippen molar-refractivity contribution in [2.75, 3.05) is 0 Å². The second-order valence-electron chi connectivity index (χ2n) is 4.22. The highest BCUT2D eigenvalue weighted by molar-refractivity contribution is 6.42. The van der Waals surface area contributed by atoms with Gasteiger partial charge in [0.2, 0.25) is 0 Å². The van der Waals surface area contributed by atoms with E-state index in [1.807, 2.05) is 12.1 Å². The van der Waals surface area contributed by atoms with Crippen LogP contribution in [0.3, 0.4) is 0 Å². The number of hydrogen-bond acceptors (Lipinski definition) is 1. The Morgan fingerprint density at radius 1 is 1.33 bits per heavy atom. The molecule has 1 fully saturated rings. The van der Waals surface area contributed by atoms with Crippen molar-refractivity contribution < 1.29 is 0 Å². The summed E-state index contributed by atoms with van der Waals surface area (Å²) in [4.78, 5) is 7.83. The highest BCUT2D eigenvalue weighted by Gasteiger charge is 2.36. The number of aromatic amines is 1. The third-order valence-electron chi connectivity index (χ3n) is 3.00. The van der Waals surface area contributed by atoms with Crippen molar-refractivity contribution in [2.45, 2.75) is 19.3 Å². The van der Waals surface area contributed by atoms with E-state index < -0.39 is 0 Å². The number of aromatic nitrogens is 2. The third-order valence-corrected chi connectivity index (χ3v) is 3.73. The van der Waals surface area contributed by atoms with Crippen LogP contribution in [0.25, 0.3) is 11.0 Å². The van der Waals surface area contributed by atoms with Crippen LogP contribution in [-0.2, 0) is 0 Å². The van der Waals surface area contributed by atoms with Crippen molar-refractivity contribution >= 4 is 34.2 Å². The SMILES string of the molecule is CC1CC1c1nc2cc(Cl)c(Cl)cc2[nH]1. The Kier molecular flexibility index (Phi) is 1.98. The summed E-state index contributed by atoms with van der Waals surface area (Å²) in [6.07, 6.45) is 1.22. The van der Waals surface area contributed by atoms with Gasteiger partial charge in [0, 0.05) is 5.92 Å². The Hall–Kier alpha value is -0.730. The van der Waals surface area contributed by atoms with Crippen LogP contribution < -0.4 is 0 Å². The first kappa shape index (κ1) is 9.49. The lowest BCUT2D eigenvalue weighted by atomic mass is 10.3. The molecule has 1 aromatic carbocycles. The Bertz CT molecular complexity index is 494. The second-order valence-corrected chi connectivity index (χ2v) is 5.04. The number of imidazole rings is 1. The van der Waals surface area contributed by atoms with Crippen molar-refractivity contribution in [1.82, 2.24) is 9.97 Å². The molecule has 15 heavy (non-hydrogen) atoms. The lowest BCUT2D eigenvalue weighted by Gasteiger charge is -1.93. The first-order valence-electron chi connectivity index (χ1n) is 5.00. The number of benzene rings is 1. The van der Waals surface area contributed by atoms with Gasteiger partial charge >= 0.3 is 0 Å². The molecule has 0 aliphatic heterocycles. The van der Waals surface area contributed by atoms with Gasteiger partial charge in [-0.15, -0.1) is 0 Å². The summed E-state index contributed by atoms with van der Waals surface area (Å²) in [5.41, 5.74) is 1.87. The molecule has 1 heterocycles. The lowest BCUT2D eigenvalue weighted by molar-refractivity contribution is 0.867. The number of H-pyrrole nitrogens is 1. The van der Waals surface area contributed by atoms with Gasteiger partial charge in [0.1, 0.15) is 5.82 Å². The maximum Gasteiger partial charge on any atom is 0.110 e. The summed E-state index contributed by atoms with van der Waals surface area (Å²) in [6.45, 7) is 2.23. The summed E-state index contributed by atoms with van der Waals surface area (Å²) in [7, 11) is 0. The lowest BCUT2D eigenvalue weighted by Crippen LogP contribution is -1.82. The molecule has 78 valence electrons. The molecule has 0 saturated heterocycles. The second kappa shape index (κ2) is 3.13. The summed E-state index contributed by atoms with van der Waals surface area (Å²) in [5.74, 6) is 2.40. The minimum atomic E-state index is 0.561. The maximum absolute atomic E-state index is 5.94. The predicted molar refractivity (Wildman–Crippen MR) is 62.6 cm³/mol. The molecule has 1 N–H and O–H groups in total. The first-order valence-corrected chi connectivity index (χ1v) is 5.75. The van der Waals surface area contributed by atoms with Crippen molar-refractivity contribution in [3.63, 3.8) is 0 Å². The van der Waals surface area contributed by atoms with Crippen LogP contribution in [0.1, 0.15) is 25.1 Å². The van der Waals surface area contributed by atoms with Gasteiger partial charge < -0.3 is 4.98 Å². The monoisotopic (exact) mass is 240 g/mol. The summed E-state index contributed by atoms with van der Waals surface area (Å²) >= 11 is 11.9. The first-order chi connectivity index (χ1) is 7.15. The van der Waals surface area contributed by atoms with Crippen LogP contribution >= 0.6 is 23.2 Å². The molecule has 2 nitrogen and oxygen atoms in total. The summed E-state index contributed by atoms with van der Waals surface area (Å²) < 4.78 is 0. The molecule has 2 unspecified atom stereocenters. The molecule has 0 spiro atoms. The van der Waals surface area contributed by atoms with Gasteiger partial charge in [-0.1, -0.05) is 30.1 Å². The molecule has 1 aliphatic carbocycles. The van der Waals surface area contributed by atoms with Gasteiger partial charge in [0.15, 0.2) is 0 Å². The van der Waals surface area contributed by atoms with E-state index >= 15 is 0 Å². The van der Waals surface area contributed by atoms with Crippen LogP contribution in [0.15, 0.2) is 12.1 Å². The van der Waals surface area contributed by atoms with E-state index in [4.69, 9.17) is 23.2 Å². The molecule has 2 atom stereocenters. The van der Waals surface area contributed by atoms with Crippen molar-refractivity contribution in [3.05, 3.63) is 28.0 Å². The molecule has 2 aromatic rings. The largest absolute Gasteiger partial charge is 0.342 e. The van der Waals surface area contributed by atoms with Gasteiger partial charge in [0.05, 0.1) is 21.1 Å². The fraction of sp³-hybridized carbons (Fsp3) is 0.364. The number of fused-ring (bicyclic) bond motifs is 1. The molecule has 1 saturated carbocycles. The molecule has 1 aliphatic rings. The van der Waals surface area contributed by atoms with E-state index in [9.17, 15) is 0 Å². The molecule has 3 rings (SSSR count). The van der Waals surface area contributed by atoms with E-state index in [-0.39, 0.29) is 0 Å². The van der Waals surface area contributed by atoms with Crippen LogP contribution in [0.2, 0.25) is 10.0 Å². The Morgan fingerprint density at radius 2 is 2.00 bits per heavy atom. The fourth-order valence-electron chi connectivity index (χ4n) is 1.90. The fourth-order valence-corrected chi connectivity index (χ4v) is 2.22. The smallest absolute Gasteiger partial charge is 0.110 e. The van der Waals surface area contributed by atoms with Crippen molar-refractivity contribution in [2.24, 2.45) is 5.92 Å². The van der Waals surface area contributed by atoms with Crippen LogP contribution in [0, 0.1) is 5.92 Å². The Balaban J connectivity index is 2.13. The molecule has 4 heteroatoms. The minimum absolute atomic E-state index is 0.561. The number of hydrogen-bond donors (Lipinski definition) is 1. The van der Waals surface area contributed by atoms with Crippen LogP contribution in [-0.4, -0.2) is 9.97 Å². The van der Waals surface area contributed by atoms with Crippen LogP contribution in [0.4, 0.5) is 0 Å². The molecular formula is C11H10Cl2N2. The molecule has 0 amide bonds. The molecule has 0 bridgehead atoms. The number of nitrogens with zero attached hydrogens (tertiary/aromatic N) is 1. The van der Waals surface area contributed by atoms with Gasteiger partial charge in [-0.05, 0) is 24.5 Å². The number of nitrogens with one attached hydrogen (secondary N) is 1.